The molecule has 6 heteroatoms. The van der Waals surface area contributed by atoms with Gasteiger partial charge in [-0.2, -0.15) is 0 Å². The molecular formula is C16H16ClNO3S. The monoisotopic (exact) mass is 337 g/mol. The predicted octanol–water partition coefficient (Wildman–Crippen LogP) is 3.32. The molecule has 1 atom stereocenters. The Labute approximate surface area is 137 Å². The van der Waals surface area contributed by atoms with Gasteiger partial charge in [0, 0.05) is 17.8 Å². The Morgan fingerprint density at radius 2 is 1.91 bits per heavy atom. The quantitative estimate of drug-likeness (QED) is 0.814. The molecule has 1 heterocycles. The highest BCUT2D eigenvalue weighted by Gasteiger charge is 2.20. The van der Waals surface area contributed by atoms with Gasteiger partial charge in [-0.1, -0.05) is 41.9 Å². The van der Waals surface area contributed by atoms with Crippen molar-refractivity contribution in [3.05, 3.63) is 57.2 Å². The van der Waals surface area contributed by atoms with Gasteiger partial charge in [0.05, 0.1) is 10.3 Å². The van der Waals surface area contributed by atoms with Crippen LogP contribution in [0.1, 0.15) is 22.8 Å². The summed E-state index contributed by atoms with van der Waals surface area (Å²) in [5.41, 5.74) is 0.681. The van der Waals surface area contributed by atoms with Crippen molar-refractivity contribution in [3.8, 4) is 0 Å². The van der Waals surface area contributed by atoms with E-state index in [0.717, 1.165) is 4.88 Å². The summed E-state index contributed by atoms with van der Waals surface area (Å²) in [4.78, 5) is 24.2. The maximum atomic E-state index is 11.8. The zero-order chi connectivity index (χ0) is 15.9. The number of carboxylic acid groups (broad SMARTS) is 1. The molecule has 1 aromatic carbocycles. The van der Waals surface area contributed by atoms with Crippen LogP contribution in [0.25, 0.3) is 0 Å². The summed E-state index contributed by atoms with van der Waals surface area (Å²) in [5.74, 6) is -1.84. The lowest BCUT2D eigenvalue weighted by molar-refractivity contribution is -0.138. The number of hydrogen-bond acceptors (Lipinski definition) is 3. The Bertz CT molecular complexity index is 642. The second-order valence-corrected chi connectivity index (χ2v) is 6.61. The fourth-order valence-electron chi connectivity index (χ4n) is 2.06. The number of thiophene rings is 1. The van der Waals surface area contributed by atoms with Crippen LogP contribution in [0.5, 0.6) is 0 Å². The summed E-state index contributed by atoms with van der Waals surface area (Å²) >= 11 is 7.28. The van der Waals surface area contributed by atoms with Crippen LogP contribution in [-0.2, 0) is 16.0 Å². The minimum absolute atomic E-state index is 0.0867. The molecule has 1 aromatic heterocycles. The van der Waals surface area contributed by atoms with Gasteiger partial charge in [0.15, 0.2) is 0 Å². The molecule has 0 fully saturated rings. The van der Waals surface area contributed by atoms with Crippen LogP contribution in [0.4, 0.5) is 0 Å². The van der Waals surface area contributed by atoms with E-state index in [-0.39, 0.29) is 12.5 Å². The number of aliphatic carboxylic acids is 1. The minimum Gasteiger partial charge on any atom is -0.481 e. The molecular weight excluding hydrogens is 322 g/mol. The van der Waals surface area contributed by atoms with Crippen molar-refractivity contribution >= 4 is 34.8 Å². The van der Waals surface area contributed by atoms with Crippen LogP contribution in [0.15, 0.2) is 42.5 Å². The van der Waals surface area contributed by atoms with E-state index in [1.54, 1.807) is 30.3 Å². The summed E-state index contributed by atoms with van der Waals surface area (Å²) in [6.07, 6.45) is 0.921. The van der Waals surface area contributed by atoms with Crippen LogP contribution < -0.4 is 5.32 Å². The highest BCUT2D eigenvalue weighted by Crippen LogP contribution is 2.22. The van der Waals surface area contributed by atoms with E-state index in [4.69, 9.17) is 11.6 Å². The summed E-state index contributed by atoms with van der Waals surface area (Å²) < 4.78 is 0.699. The lowest BCUT2D eigenvalue weighted by Crippen LogP contribution is -2.31. The van der Waals surface area contributed by atoms with E-state index < -0.39 is 11.9 Å². The second-order valence-electron chi connectivity index (χ2n) is 4.81. The zero-order valence-electron chi connectivity index (χ0n) is 11.8. The lowest BCUT2D eigenvalue weighted by Gasteiger charge is -2.13. The standard InChI is InChI=1S/C16H16ClNO3S/c17-14-8-6-12(22-14)7-9-15(19)18-10-13(16(20)21)11-4-2-1-3-5-11/h1-6,8,13H,7,9-10H2,(H,18,19)(H,20,21). The Hall–Kier alpha value is -1.85. The Kier molecular flexibility index (Phi) is 5.98. The van der Waals surface area contributed by atoms with Crippen molar-refractivity contribution in [3.63, 3.8) is 0 Å². The molecule has 0 spiro atoms. The molecule has 0 saturated carbocycles. The predicted molar refractivity (Wildman–Crippen MR) is 87.5 cm³/mol. The van der Waals surface area contributed by atoms with E-state index >= 15 is 0 Å². The van der Waals surface area contributed by atoms with Gasteiger partial charge in [-0.05, 0) is 24.1 Å². The number of nitrogens with one attached hydrogen (secondary N) is 1. The molecule has 2 N–H and O–H groups in total. The lowest BCUT2D eigenvalue weighted by atomic mass is 9.99. The van der Waals surface area contributed by atoms with Crippen molar-refractivity contribution in [1.29, 1.82) is 0 Å². The maximum Gasteiger partial charge on any atom is 0.312 e. The van der Waals surface area contributed by atoms with E-state index in [1.807, 2.05) is 12.1 Å². The second kappa shape index (κ2) is 7.96. The molecule has 1 amide bonds. The van der Waals surface area contributed by atoms with Crippen molar-refractivity contribution in [2.75, 3.05) is 6.54 Å². The van der Waals surface area contributed by atoms with Gasteiger partial charge < -0.3 is 10.4 Å². The Morgan fingerprint density at radius 3 is 2.50 bits per heavy atom. The first kappa shape index (κ1) is 16.5. The fraction of sp³-hybridized carbons (Fsp3) is 0.250. The third-order valence-corrected chi connectivity index (χ3v) is 4.52. The summed E-state index contributed by atoms with van der Waals surface area (Å²) in [6.45, 7) is 0.0867. The molecule has 116 valence electrons. The fourth-order valence-corrected chi connectivity index (χ4v) is 3.15. The van der Waals surface area contributed by atoms with Crippen molar-refractivity contribution in [2.24, 2.45) is 0 Å². The summed E-state index contributed by atoms with van der Waals surface area (Å²) in [7, 11) is 0. The SMILES string of the molecule is O=C(CCc1ccc(Cl)s1)NCC(C(=O)O)c1ccccc1. The number of benzene rings is 1. The van der Waals surface area contributed by atoms with Gasteiger partial charge in [-0.15, -0.1) is 11.3 Å². The highest BCUT2D eigenvalue weighted by molar-refractivity contribution is 7.16. The first-order chi connectivity index (χ1) is 10.6. The Morgan fingerprint density at radius 1 is 1.18 bits per heavy atom. The van der Waals surface area contributed by atoms with Gasteiger partial charge in [-0.25, -0.2) is 0 Å². The average molecular weight is 338 g/mol. The smallest absolute Gasteiger partial charge is 0.312 e. The summed E-state index contributed by atoms with van der Waals surface area (Å²) in [5, 5.41) is 12.0. The van der Waals surface area contributed by atoms with Crippen LogP contribution in [0, 0.1) is 0 Å². The average Bonchev–Trinajstić information content (AvgIpc) is 2.92. The molecule has 0 aliphatic rings. The first-order valence-corrected chi connectivity index (χ1v) is 8.04. The minimum atomic E-state index is -0.948. The van der Waals surface area contributed by atoms with Crippen molar-refractivity contribution in [1.82, 2.24) is 5.32 Å². The normalized spacial score (nSPS) is 11.9. The number of rotatable bonds is 7. The molecule has 0 aliphatic carbocycles. The van der Waals surface area contributed by atoms with Gasteiger partial charge in [0.2, 0.25) is 5.91 Å². The molecule has 0 saturated heterocycles. The zero-order valence-corrected chi connectivity index (χ0v) is 13.4. The van der Waals surface area contributed by atoms with Crippen LogP contribution in [-0.4, -0.2) is 23.5 Å². The molecule has 0 bridgehead atoms. The number of carboxylic acids is 1. The Balaban J connectivity index is 1.84. The van der Waals surface area contributed by atoms with E-state index in [9.17, 15) is 14.7 Å². The van der Waals surface area contributed by atoms with Crippen LogP contribution in [0.2, 0.25) is 4.34 Å². The molecule has 2 aromatic rings. The molecule has 0 aliphatic heterocycles. The number of aryl methyl sites for hydroxylation is 1. The van der Waals surface area contributed by atoms with E-state index in [0.29, 0.717) is 22.7 Å². The molecule has 1 unspecified atom stereocenters. The highest BCUT2D eigenvalue weighted by atomic mass is 35.5. The topological polar surface area (TPSA) is 66.4 Å². The third-order valence-electron chi connectivity index (χ3n) is 3.23. The van der Waals surface area contributed by atoms with Crippen molar-refractivity contribution < 1.29 is 14.7 Å². The van der Waals surface area contributed by atoms with Crippen LogP contribution in [0.3, 0.4) is 0 Å². The largest absolute Gasteiger partial charge is 0.481 e. The maximum absolute atomic E-state index is 11.8. The third kappa shape index (κ3) is 4.86. The number of carbonyl (C=O) groups excluding carboxylic acids is 1. The number of carbonyl (C=O) groups is 2. The number of amides is 1. The summed E-state index contributed by atoms with van der Waals surface area (Å²) in [6, 6.07) is 12.6. The van der Waals surface area contributed by atoms with Gasteiger partial charge in [0.1, 0.15) is 0 Å². The van der Waals surface area contributed by atoms with E-state index in [2.05, 4.69) is 5.32 Å². The van der Waals surface area contributed by atoms with E-state index in [1.165, 1.54) is 11.3 Å². The van der Waals surface area contributed by atoms with Gasteiger partial charge in [0.25, 0.3) is 0 Å². The van der Waals surface area contributed by atoms with Gasteiger partial charge >= 0.3 is 5.97 Å². The van der Waals surface area contributed by atoms with Gasteiger partial charge in [-0.3, -0.25) is 9.59 Å². The number of hydrogen-bond donors (Lipinski definition) is 2. The molecule has 0 radical (unpaired) electrons. The van der Waals surface area contributed by atoms with Crippen LogP contribution >= 0.6 is 22.9 Å². The number of halogens is 1. The molecule has 4 nitrogen and oxygen atoms in total. The first-order valence-electron chi connectivity index (χ1n) is 6.85. The molecule has 2 rings (SSSR count). The van der Waals surface area contributed by atoms with Crippen molar-refractivity contribution in [2.45, 2.75) is 18.8 Å². The molecule has 22 heavy (non-hydrogen) atoms.